The maximum Gasteiger partial charge on any atom is 0.249 e. The standard InChI is InChI=1S/C21H27N3O3/c25-21(16-27-20-7-1-2-8-20)23-12-18-6-4-10-24(18)19(13-23)15-26-14-17-5-3-9-22-11-17/h3-6,9-11,19-20H,1-2,7-8,12-16H2. The van der Waals surface area contributed by atoms with Crippen LogP contribution in [0.2, 0.25) is 0 Å². The van der Waals surface area contributed by atoms with E-state index >= 15 is 0 Å². The van der Waals surface area contributed by atoms with Crippen molar-refractivity contribution in [2.45, 2.75) is 51.0 Å². The van der Waals surface area contributed by atoms with Crippen LogP contribution in [0.15, 0.2) is 42.9 Å². The molecule has 0 saturated heterocycles. The molecule has 1 unspecified atom stereocenters. The molecule has 2 aromatic heterocycles. The van der Waals surface area contributed by atoms with Crippen LogP contribution in [0.4, 0.5) is 0 Å². The van der Waals surface area contributed by atoms with Crippen molar-refractivity contribution in [1.82, 2.24) is 14.5 Å². The largest absolute Gasteiger partial charge is 0.374 e. The lowest BCUT2D eigenvalue weighted by Gasteiger charge is -2.35. The molecular weight excluding hydrogens is 342 g/mol. The molecule has 1 aliphatic heterocycles. The molecule has 1 saturated carbocycles. The predicted molar refractivity (Wildman–Crippen MR) is 101 cm³/mol. The minimum Gasteiger partial charge on any atom is -0.374 e. The molecule has 4 rings (SSSR count). The summed E-state index contributed by atoms with van der Waals surface area (Å²) >= 11 is 0. The van der Waals surface area contributed by atoms with Gasteiger partial charge < -0.3 is 18.9 Å². The van der Waals surface area contributed by atoms with Crippen LogP contribution in [0.25, 0.3) is 0 Å². The molecule has 3 heterocycles. The Hall–Kier alpha value is -2.18. The molecule has 1 atom stereocenters. The van der Waals surface area contributed by atoms with E-state index in [1.807, 2.05) is 29.3 Å². The fourth-order valence-corrected chi connectivity index (χ4v) is 3.98. The number of aromatic nitrogens is 2. The number of pyridine rings is 1. The van der Waals surface area contributed by atoms with E-state index in [9.17, 15) is 4.79 Å². The summed E-state index contributed by atoms with van der Waals surface area (Å²) in [7, 11) is 0. The van der Waals surface area contributed by atoms with Gasteiger partial charge in [-0.15, -0.1) is 0 Å². The Morgan fingerprint density at radius 2 is 2.11 bits per heavy atom. The minimum atomic E-state index is 0.0756. The molecule has 0 N–H and O–H groups in total. The predicted octanol–water partition coefficient (Wildman–Crippen LogP) is 2.94. The number of amides is 1. The fraction of sp³-hybridized carbons (Fsp3) is 0.524. The molecule has 0 bridgehead atoms. The Kier molecular flexibility index (Phi) is 5.84. The van der Waals surface area contributed by atoms with Crippen LogP contribution in [0.1, 0.15) is 43.0 Å². The maximum atomic E-state index is 12.7. The van der Waals surface area contributed by atoms with Crippen molar-refractivity contribution in [3.8, 4) is 0 Å². The van der Waals surface area contributed by atoms with Crippen LogP contribution < -0.4 is 0 Å². The molecule has 0 aromatic carbocycles. The van der Waals surface area contributed by atoms with Gasteiger partial charge >= 0.3 is 0 Å². The van der Waals surface area contributed by atoms with Gasteiger partial charge in [0.1, 0.15) is 6.61 Å². The third-order valence-corrected chi connectivity index (χ3v) is 5.44. The average Bonchev–Trinajstić information content (AvgIpc) is 3.38. The summed E-state index contributed by atoms with van der Waals surface area (Å²) in [6, 6.07) is 8.15. The lowest BCUT2D eigenvalue weighted by Crippen LogP contribution is -2.43. The van der Waals surface area contributed by atoms with Gasteiger partial charge in [-0.2, -0.15) is 0 Å². The van der Waals surface area contributed by atoms with Crippen molar-refractivity contribution in [3.05, 3.63) is 54.1 Å². The van der Waals surface area contributed by atoms with Gasteiger partial charge in [-0.25, -0.2) is 0 Å². The highest BCUT2D eigenvalue weighted by Crippen LogP contribution is 2.24. The molecule has 2 aromatic rings. The first-order valence-electron chi connectivity index (χ1n) is 9.81. The van der Waals surface area contributed by atoms with E-state index in [-0.39, 0.29) is 24.7 Å². The summed E-state index contributed by atoms with van der Waals surface area (Å²) in [4.78, 5) is 18.7. The van der Waals surface area contributed by atoms with Gasteiger partial charge in [0.2, 0.25) is 5.91 Å². The Labute approximate surface area is 160 Å². The van der Waals surface area contributed by atoms with E-state index in [0.29, 0.717) is 26.3 Å². The van der Waals surface area contributed by atoms with E-state index in [4.69, 9.17) is 9.47 Å². The van der Waals surface area contributed by atoms with Crippen LogP contribution in [0, 0.1) is 0 Å². The van der Waals surface area contributed by atoms with E-state index in [2.05, 4.69) is 21.8 Å². The number of carbonyl (C=O) groups is 1. The molecule has 144 valence electrons. The number of hydrogen-bond acceptors (Lipinski definition) is 4. The topological polar surface area (TPSA) is 56.6 Å². The van der Waals surface area contributed by atoms with Crippen LogP contribution in [-0.2, 0) is 27.4 Å². The second kappa shape index (κ2) is 8.67. The first-order valence-corrected chi connectivity index (χ1v) is 9.81. The van der Waals surface area contributed by atoms with Crippen molar-refractivity contribution in [2.75, 3.05) is 19.8 Å². The molecular formula is C21H27N3O3. The summed E-state index contributed by atoms with van der Waals surface area (Å²) in [5, 5.41) is 0. The Bertz CT molecular complexity index is 740. The van der Waals surface area contributed by atoms with Gasteiger partial charge in [-0.3, -0.25) is 9.78 Å². The molecule has 6 nitrogen and oxygen atoms in total. The van der Waals surface area contributed by atoms with Gasteiger partial charge in [0.05, 0.1) is 31.9 Å². The third kappa shape index (κ3) is 4.57. The summed E-state index contributed by atoms with van der Waals surface area (Å²) in [6.45, 7) is 2.57. The fourth-order valence-electron chi connectivity index (χ4n) is 3.98. The second-order valence-corrected chi connectivity index (χ2v) is 7.43. The molecule has 0 radical (unpaired) electrons. The Morgan fingerprint density at radius 3 is 2.93 bits per heavy atom. The number of nitrogens with zero attached hydrogens (tertiary/aromatic N) is 3. The lowest BCUT2D eigenvalue weighted by molar-refractivity contribution is -0.140. The zero-order chi connectivity index (χ0) is 18.5. The molecule has 0 spiro atoms. The molecule has 1 fully saturated rings. The maximum absolute atomic E-state index is 12.7. The summed E-state index contributed by atoms with van der Waals surface area (Å²) in [5.74, 6) is 0.0756. The zero-order valence-electron chi connectivity index (χ0n) is 15.6. The Morgan fingerprint density at radius 1 is 1.22 bits per heavy atom. The number of carbonyl (C=O) groups excluding carboxylic acids is 1. The van der Waals surface area contributed by atoms with Crippen LogP contribution >= 0.6 is 0 Å². The molecule has 6 heteroatoms. The number of hydrogen-bond donors (Lipinski definition) is 0. The van der Waals surface area contributed by atoms with E-state index in [1.165, 1.54) is 12.8 Å². The molecule has 27 heavy (non-hydrogen) atoms. The smallest absolute Gasteiger partial charge is 0.249 e. The third-order valence-electron chi connectivity index (χ3n) is 5.44. The van der Waals surface area contributed by atoms with Crippen LogP contribution in [-0.4, -0.2) is 46.2 Å². The van der Waals surface area contributed by atoms with Gasteiger partial charge in [0.25, 0.3) is 0 Å². The number of rotatable bonds is 7. The summed E-state index contributed by atoms with van der Waals surface area (Å²) in [5.41, 5.74) is 2.20. The van der Waals surface area contributed by atoms with Crippen molar-refractivity contribution in [3.63, 3.8) is 0 Å². The average molecular weight is 369 g/mol. The SMILES string of the molecule is O=C(COC1CCCC1)N1Cc2cccn2C(COCc2cccnc2)C1. The van der Waals surface area contributed by atoms with Gasteiger partial charge in [-0.05, 0) is 36.6 Å². The Balaban J connectivity index is 1.33. The quantitative estimate of drug-likeness (QED) is 0.753. The second-order valence-electron chi connectivity index (χ2n) is 7.43. The lowest BCUT2D eigenvalue weighted by atomic mass is 10.2. The van der Waals surface area contributed by atoms with Crippen molar-refractivity contribution < 1.29 is 14.3 Å². The monoisotopic (exact) mass is 369 g/mol. The normalized spacial score (nSPS) is 20.0. The first-order chi connectivity index (χ1) is 13.3. The van der Waals surface area contributed by atoms with E-state index in [1.54, 1.807) is 6.20 Å². The van der Waals surface area contributed by atoms with Crippen molar-refractivity contribution >= 4 is 5.91 Å². The highest BCUT2D eigenvalue weighted by Gasteiger charge is 2.28. The first kappa shape index (κ1) is 18.2. The highest BCUT2D eigenvalue weighted by molar-refractivity contribution is 5.77. The van der Waals surface area contributed by atoms with Crippen molar-refractivity contribution in [1.29, 1.82) is 0 Å². The number of fused-ring (bicyclic) bond motifs is 1. The van der Waals surface area contributed by atoms with Crippen LogP contribution in [0.3, 0.4) is 0 Å². The van der Waals surface area contributed by atoms with Gasteiger partial charge in [-0.1, -0.05) is 18.9 Å². The van der Waals surface area contributed by atoms with Gasteiger partial charge in [0, 0.05) is 30.8 Å². The molecule has 1 aliphatic carbocycles. The minimum absolute atomic E-state index is 0.0756. The summed E-state index contributed by atoms with van der Waals surface area (Å²) in [6.07, 6.45) is 10.5. The molecule has 1 amide bonds. The number of ether oxygens (including phenoxy) is 2. The zero-order valence-corrected chi connectivity index (χ0v) is 15.6. The van der Waals surface area contributed by atoms with E-state index < -0.39 is 0 Å². The summed E-state index contributed by atoms with van der Waals surface area (Å²) < 4.78 is 14.0. The molecule has 2 aliphatic rings. The van der Waals surface area contributed by atoms with Gasteiger partial charge in [0.15, 0.2) is 0 Å². The van der Waals surface area contributed by atoms with E-state index in [0.717, 1.165) is 24.1 Å². The highest BCUT2D eigenvalue weighted by atomic mass is 16.5. The van der Waals surface area contributed by atoms with Crippen LogP contribution in [0.5, 0.6) is 0 Å². The van der Waals surface area contributed by atoms with Crippen molar-refractivity contribution in [2.24, 2.45) is 0 Å².